The van der Waals surface area contributed by atoms with E-state index < -0.39 is 10.0 Å². The maximum absolute atomic E-state index is 11.8. The van der Waals surface area contributed by atoms with Gasteiger partial charge in [0.1, 0.15) is 0 Å². The maximum atomic E-state index is 11.8. The van der Waals surface area contributed by atoms with Gasteiger partial charge in [-0.3, -0.25) is 0 Å². The molecule has 0 atom stereocenters. The molecule has 0 aliphatic carbocycles. The lowest BCUT2D eigenvalue weighted by molar-refractivity contribution is 0.573. The molecule has 1 aromatic rings. The van der Waals surface area contributed by atoms with Gasteiger partial charge in [-0.1, -0.05) is 26.0 Å². The van der Waals surface area contributed by atoms with Crippen LogP contribution in [0.4, 0.5) is 0 Å². The smallest absolute Gasteiger partial charge is 0.240 e. The first kappa shape index (κ1) is 23.1. The van der Waals surface area contributed by atoms with Crippen LogP contribution in [0.15, 0.2) is 34.2 Å². The number of hydrogen-bond acceptors (Lipinski definition) is 3. The van der Waals surface area contributed by atoms with Gasteiger partial charge in [0, 0.05) is 13.1 Å². The third-order valence-electron chi connectivity index (χ3n) is 3.26. The zero-order chi connectivity index (χ0) is 17.3. The molecule has 0 bridgehead atoms. The zero-order valence-electron chi connectivity index (χ0n) is 14.8. The molecule has 0 saturated heterocycles. The Bertz CT molecular complexity index is 618. The Labute approximate surface area is 163 Å². The summed E-state index contributed by atoms with van der Waals surface area (Å²) in [6, 6.07) is 6.82. The fraction of sp³-hybridized carbons (Fsp3) is 0.562. The summed E-state index contributed by atoms with van der Waals surface area (Å²) in [5, 5.41) is 6.48. The van der Waals surface area contributed by atoms with Gasteiger partial charge in [-0.25, -0.2) is 18.1 Å². The summed E-state index contributed by atoms with van der Waals surface area (Å²) in [4.78, 5) is 4.76. The van der Waals surface area contributed by atoms with Gasteiger partial charge >= 0.3 is 0 Å². The van der Waals surface area contributed by atoms with Crippen molar-refractivity contribution in [2.45, 2.75) is 38.6 Å². The second kappa shape index (κ2) is 11.6. The van der Waals surface area contributed by atoms with Crippen LogP contribution in [0.1, 0.15) is 32.8 Å². The lowest BCUT2D eigenvalue weighted by Crippen LogP contribution is -2.38. The molecule has 8 heteroatoms. The van der Waals surface area contributed by atoms with Crippen LogP contribution in [0.25, 0.3) is 0 Å². The van der Waals surface area contributed by atoms with Crippen LogP contribution >= 0.6 is 24.0 Å². The van der Waals surface area contributed by atoms with Crippen molar-refractivity contribution in [2.75, 3.05) is 20.1 Å². The third-order valence-corrected chi connectivity index (χ3v) is 4.67. The highest BCUT2D eigenvalue weighted by Gasteiger charge is 2.11. The molecule has 0 saturated carbocycles. The van der Waals surface area contributed by atoms with Crippen molar-refractivity contribution >= 4 is 40.0 Å². The summed E-state index contributed by atoms with van der Waals surface area (Å²) >= 11 is 0. The van der Waals surface area contributed by atoms with E-state index in [0.29, 0.717) is 12.5 Å². The SMILES string of the molecule is CCNC(=NCc1cccc(S(=O)(=O)NC)c1)NCCC(C)C.I. The molecule has 0 heterocycles. The summed E-state index contributed by atoms with van der Waals surface area (Å²) in [7, 11) is -2.02. The van der Waals surface area contributed by atoms with E-state index in [-0.39, 0.29) is 28.9 Å². The van der Waals surface area contributed by atoms with Gasteiger partial charge in [0.25, 0.3) is 0 Å². The van der Waals surface area contributed by atoms with E-state index in [0.717, 1.165) is 31.0 Å². The molecule has 0 aliphatic heterocycles. The van der Waals surface area contributed by atoms with Gasteiger partial charge in [0.05, 0.1) is 11.4 Å². The second-order valence-electron chi connectivity index (χ2n) is 5.66. The van der Waals surface area contributed by atoms with E-state index in [9.17, 15) is 8.42 Å². The Balaban J connectivity index is 0.00000529. The third kappa shape index (κ3) is 8.29. The molecular formula is C16H29IN4O2S. The van der Waals surface area contributed by atoms with Crippen LogP contribution in [0.5, 0.6) is 0 Å². The van der Waals surface area contributed by atoms with Crippen molar-refractivity contribution in [1.29, 1.82) is 0 Å². The second-order valence-corrected chi connectivity index (χ2v) is 7.55. The summed E-state index contributed by atoms with van der Waals surface area (Å²) in [6.45, 7) is 8.43. The first-order chi connectivity index (χ1) is 10.9. The first-order valence-electron chi connectivity index (χ1n) is 7.93. The Morgan fingerprint density at radius 1 is 1.25 bits per heavy atom. The quantitative estimate of drug-likeness (QED) is 0.311. The Morgan fingerprint density at radius 3 is 2.54 bits per heavy atom. The monoisotopic (exact) mass is 468 g/mol. The Hall–Kier alpha value is -0.870. The minimum atomic E-state index is -3.42. The average molecular weight is 468 g/mol. The Kier molecular flexibility index (Phi) is 11.2. The summed E-state index contributed by atoms with van der Waals surface area (Å²) in [5.74, 6) is 1.38. The number of aliphatic imine (C=N–C) groups is 1. The number of benzene rings is 1. The van der Waals surface area contributed by atoms with E-state index in [1.54, 1.807) is 18.2 Å². The summed E-state index contributed by atoms with van der Waals surface area (Å²) in [5.41, 5.74) is 0.849. The number of rotatable bonds is 8. The van der Waals surface area contributed by atoms with Crippen LogP contribution in [0.2, 0.25) is 0 Å². The van der Waals surface area contributed by atoms with Crippen molar-refractivity contribution < 1.29 is 8.42 Å². The molecule has 0 aromatic heterocycles. The van der Waals surface area contributed by atoms with Gasteiger partial charge in [0.2, 0.25) is 10.0 Å². The van der Waals surface area contributed by atoms with Crippen molar-refractivity contribution in [3.8, 4) is 0 Å². The van der Waals surface area contributed by atoms with E-state index in [1.165, 1.54) is 7.05 Å². The fourth-order valence-corrected chi connectivity index (χ4v) is 2.72. The first-order valence-corrected chi connectivity index (χ1v) is 9.42. The van der Waals surface area contributed by atoms with Crippen LogP contribution < -0.4 is 15.4 Å². The van der Waals surface area contributed by atoms with E-state index in [1.807, 2.05) is 13.0 Å². The summed E-state index contributed by atoms with van der Waals surface area (Å²) < 4.78 is 26.0. The van der Waals surface area contributed by atoms with E-state index >= 15 is 0 Å². The van der Waals surface area contributed by atoms with Crippen molar-refractivity contribution in [3.63, 3.8) is 0 Å². The number of sulfonamides is 1. The van der Waals surface area contributed by atoms with Crippen LogP contribution in [0, 0.1) is 5.92 Å². The minimum Gasteiger partial charge on any atom is -0.357 e. The van der Waals surface area contributed by atoms with E-state index in [4.69, 9.17) is 0 Å². The lowest BCUT2D eigenvalue weighted by Gasteiger charge is -2.12. The molecule has 1 aromatic carbocycles. The van der Waals surface area contributed by atoms with E-state index in [2.05, 4.69) is 34.2 Å². The highest BCUT2D eigenvalue weighted by atomic mass is 127. The van der Waals surface area contributed by atoms with Gasteiger partial charge in [-0.2, -0.15) is 0 Å². The molecule has 24 heavy (non-hydrogen) atoms. The van der Waals surface area contributed by atoms with Crippen LogP contribution in [0.3, 0.4) is 0 Å². The molecule has 6 nitrogen and oxygen atoms in total. The number of hydrogen-bond donors (Lipinski definition) is 3. The summed E-state index contributed by atoms with van der Waals surface area (Å²) in [6.07, 6.45) is 1.07. The van der Waals surface area contributed by atoms with Crippen LogP contribution in [-0.2, 0) is 16.6 Å². The highest BCUT2D eigenvalue weighted by molar-refractivity contribution is 14.0. The standard InChI is InChI=1S/C16H28N4O2S.HI/c1-5-18-16(19-10-9-13(2)3)20-12-14-7-6-8-15(11-14)23(21,22)17-4;/h6-8,11,13,17H,5,9-10,12H2,1-4H3,(H2,18,19,20);1H. The fourth-order valence-electron chi connectivity index (χ4n) is 1.92. The maximum Gasteiger partial charge on any atom is 0.240 e. The molecule has 0 aliphatic rings. The van der Waals surface area contributed by atoms with Crippen molar-refractivity contribution in [3.05, 3.63) is 29.8 Å². The minimum absolute atomic E-state index is 0. The largest absolute Gasteiger partial charge is 0.357 e. The highest BCUT2D eigenvalue weighted by Crippen LogP contribution is 2.11. The molecule has 0 radical (unpaired) electrons. The number of nitrogens with zero attached hydrogens (tertiary/aromatic N) is 1. The lowest BCUT2D eigenvalue weighted by atomic mass is 10.1. The van der Waals surface area contributed by atoms with Gasteiger partial charge in [-0.05, 0) is 44.0 Å². The molecule has 138 valence electrons. The molecule has 0 fully saturated rings. The van der Waals surface area contributed by atoms with Crippen LogP contribution in [-0.4, -0.2) is 34.5 Å². The normalized spacial score (nSPS) is 12.0. The molecular weight excluding hydrogens is 439 g/mol. The average Bonchev–Trinajstić information content (AvgIpc) is 2.52. The molecule has 0 amide bonds. The van der Waals surface area contributed by atoms with Crippen molar-refractivity contribution in [1.82, 2.24) is 15.4 Å². The molecule has 1 rings (SSSR count). The topological polar surface area (TPSA) is 82.6 Å². The van der Waals surface area contributed by atoms with Gasteiger partial charge in [0.15, 0.2) is 5.96 Å². The number of guanidine groups is 1. The number of halogens is 1. The molecule has 3 N–H and O–H groups in total. The van der Waals surface area contributed by atoms with Crippen molar-refractivity contribution in [2.24, 2.45) is 10.9 Å². The Morgan fingerprint density at radius 2 is 1.96 bits per heavy atom. The molecule has 0 spiro atoms. The predicted octanol–water partition coefficient (Wildman–Crippen LogP) is 2.31. The van der Waals surface area contributed by atoms with Gasteiger partial charge in [-0.15, -0.1) is 24.0 Å². The zero-order valence-corrected chi connectivity index (χ0v) is 17.9. The number of nitrogens with one attached hydrogen (secondary N) is 3. The molecule has 0 unspecified atom stereocenters. The predicted molar refractivity (Wildman–Crippen MR) is 110 cm³/mol. The van der Waals surface area contributed by atoms with Gasteiger partial charge < -0.3 is 10.6 Å².